The Morgan fingerprint density at radius 2 is 1.73 bits per heavy atom. The van der Waals surface area contributed by atoms with Gasteiger partial charge in [0.2, 0.25) is 0 Å². The number of hydrogen-bond donors (Lipinski definition) is 1. The Kier molecular flexibility index (Phi) is 18.7. The van der Waals surface area contributed by atoms with Gasteiger partial charge in [-0.25, -0.2) is 4.79 Å². The molecule has 0 spiro atoms. The zero-order valence-corrected chi connectivity index (χ0v) is 8.27. The SMILES string of the molecule is CCOC(N)=O.CN(C)C.Cl. The first-order chi connectivity index (χ1) is 4.50. The highest BCUT2D eigenvalue weighted by atomic mass is 35.5. The minimum atomic E-state index is -0.711. The van der Waals surface area contributed by atoms with Crippen LogP contribution in [-0.2, 0) is 4.74 Å². The summed E-state index contributed by atoms with van der Waals surface area (Å²) in [5, 5.41) is 0. The third kappa shape index (κ3) is 84.8. The van der Waals surface area contributed by atoms with Gasteiger partial charge in [-0.05, 0) is 28.1 Å². The molecule has 0 radical (unpaired) electrons. The fourth-order valence-electron chi connectivity index (χ4n) is 0.142. The predicted molar refractivity (Wildman–Crippen MR) is 48.1 cm³/mol. The van der Waals surface area contributed by atoms with Crippen LogP contribution in [0.25, 0.3) is 0 Å². The molecule has 4 nitrogen and oxygen atoms in total. The Morgan fingerprint density at radius 3 is 1.73 bits per heavy atom. The molecule has 0 atom stereocenters. The van der Waals surface area contributed by atoms with E-state index < -0.39 is 6.09 Å². The number of nitrogens with zero attached hydrogens (tertiary/aromatic N) is 1. The van der Waals surface area contributed by atoms with Crippen LogP contribution in [-0.4, -0.2) is 38.7 Å². The molecule has 70 valence electrons. The van der Waals surface area contributed by atoms with E-state index in [0.717, 1.165) is 0 Å². The average molecular weight is 185 g/mol. The van der Waals surface area contributed by atoms with Gasteiger partial charge in [0.05, 0.1) is 6.61 Å². The fourth-order valence-corrected chi connectivity index (χ4v) is 0.142. The molecule has 0 saturated carbocycles. The fraction of sp³-hybridized carbons (Fsp3) is 0.833. The second-order valence-electron chi connectivity index (χ2n) is 2.09. The molecule has 0 saturated heterocycles. The first kappa shape index (κ1) is 16.9. The van der Waals surface area contributed by atoms with Crippen molar-refractivity contribution in [3.63, 3.8) is 0 Å². The summed E-state index contributed by atoms with van der Waals surface area (Å²) in [5.41, 5.74) is 4.54. The minimum absolute atomic E-state index is 0. The summed E-state index contributed by atoms with van der Waals surface area (Å²) in [4.78, 5) is 11.6. The van der Waals surface area contributed by atoms with Crippen LogP contribution < -0.4 is 5.73 Å². The van der Waals surface area contributed by atoms with Crippen LogP contribution in [0.15, 0.2) is 0 Å². The molecule has 0 rings (SSSR count). The molecule has 2 N–H and O–H groups in total. The Balaban J connectivity index is -0.000000114. The van der Waals surface area contributed by atoms with Crippen molar-refractivity contribution in [3.8, 4) is 0 Å². The van der Waals surface area contributed by atoms with Crippen molar-refractivity contribution in [2.75, 3.05) is 27.7 Å². The lowest BCUT2D eigenvalue weighted by molar-refractivity contribution is 0.163. The van der Waals surface area contributed by atoms with Gasteiger partial charge in [0.25, 0.3) is 0 Å². The van der Waals surface area contributed by atoms with E-state index >= 15 is 0 Å². The summed E-state index contributed by atoms with van der Waals surface area (Å²) in [7, 11) is 6.00. The lowest BCUT2D eigenvalue weighted by atomic mass is 10.9. The molecule has 0 aromatic heterocycles. The van der Waals surface area contributed by atoms with E-state index in [4.69, 9.17) is 0 Å². The highest BCUT2D eigenvalue weighted by Crippen LogP contribution is 1.66. The van der Waals surface area contributed by atoms with Crippen molar-refractivity contribution in [2.24, 2.45) is 5.73 Å². The summed E-state index contributed by atoms with van der Waals surface area (Å²) < 4.78 is 4.18. The third-order valence-corrected chi connectivity index (χ3v) is 0.287. The standard InChI is InChI=1S/C3H7NO2.C3H9N.ClH/c1-2-6-3(4)5;1-4(2)3;/h2H2,1H3,(H2,4,5);1-3H3;1H. The predicted octanol–water partition coefficient (Wildman–Crippen LogP) is 0.701. The minimum Gasteiger partial charge on any atom is -0.450 e. The number of carbonyl (C=O) groups is 1. The second kappa shape index (κ2) is 12.2. The van der Waals surface area contributed by atoms with Gasteiger partial charge < -0.3 is 15.4 Å². The number of ether oxygens (including phenoxy) is 1. The summed E-state index contributed by atoms with van der Waals surface area (Å²) in [5.74, 6) is 0. The van der Waals surface area contributed by atoms with E-state index in [1.54, 1.807) is 6.92 Å². The van der Waals surface area contributed by atoms with Crippen molar-refractivity contribution in [1.29, 1.82) is 0 Å². The highest BCUT2D eigenvalue weighted by Gasteiger charge is 1.82. The number of rotatable bonds is 1. The molecule has 0 aliphatic heterocycles. The molecule has 1 amide bonds. The van der Waals surface area contributed by atoms with E-state index in [9.17, 15) is 4.79 Å². The molecule has 0 aromatic carbocycles. The number of primary amides is 1. The number of nitrogens with two attached hydrogens (primary N) is 1. The van der Waals surface area contributed by atoms with Gasteiger partial charge in [0, 0.05) is 0 Å². The lowest BCUT2D eigenvalue weighted by Gasteiger charge is -1.90. The molecule has 0 aliphatic rings. The first-order valence-electron chi connectivity index (χ1n) is 3.03. The van der Waals surface area contributed by atoms with Crippen molar-refractivity contribution in [3.05, 3.63) is 0 Å². The molecular formula is C6H17ClN2O2. The summed E-state index contributed by atoms with van der Waals surface area (Å²) in [6, 6.07) is 0. The monoisotopic (exact) mass is 184 g/mol. The smallest absolute Gasteiger partial charge is 0.404 e. The third-order valence-electron chi connectivity index (χ3n) is 0.287. The van der Waals surface area contributed by atoms with Crippen LogP contribution in [0.3, 0.4) is 0 Å². The van der Waals surface area contributed by atoms with Crippen molar-refractivity contribution in [2.45, 2.75) is 6.92 Å². The largest absolute Gasteiger partial charge is 0.450 e. The van der Waals surface area contributed by atoms with E-state index in [1.165, 1.54) is 0 Å². The number of carbonyl (C=O) groups excluding carboxylic acids is 1. The van der Waals surface area contributed by atoms with Crippen molar-refractivity contribution < 1.29 is 9.53 Å². The Labute approximate surface area is 74.1 Å². The van der Waals surface area contributed by atoms with E-state index in [0.29, 0.717) is 6.61 Å². The summed E-state index contributed by atoms with van der Waals surface area (Å²) >= 11 is 0. The van der Waals surface area contributed by atoms with Gasteiger partial charge in [-0.15, -0.1) is 12.4 Å². The zero-order valence-electron chi connectivity index (χ0n) is 7.46. The molecule has 0 fully saturated rings. The second-order valence-corrected chi connectivity index (χ2v) is 2.09. The topological polar surface area (TPSA) is 55.6 Å². The quantitative estimate of drug-likeness (QED) is 0.653. The Morgan fingerprint density at radius 1 is 1.45 bits per heavy atom. The molecule has 0 aliphatic carbocycles. The zero-order chi connectivity index (χ0) is 8.57. The van der Waals surface area contributed by atoms with E-state index in [2.05, 4.69) is 10.5 Å². The number of hydrogen-bond acceptors (Lipinski definition) is 3. The van der Waals surface area contributed by atoms with Crippen LogP contribution in [0.5, 0.6) is 0 Å². The van der Waals surface area contributed by atoms with Crippen LogP contribution in [0.2, 0.25) is 0 Å². The average Bonchev–Trinajstić information content (AvgIpc) is 1.62. The maximum Gasteiger partial charge on any atom is 0.404 e. The van der Waals surface area contributed by atoms with Crippen LogP contribution in [0.1, 0.15) is 6.92 Å². The first-order valence-corrected chi connectivity index (χ1v) is 3.03. The number of amides is 1. The van der Waals surface area contributed by atoms with Crippen molar-refractivity contribution in [1.82, 2.24) is 4.90 Å². The van der Waals surface area contributed by atoms with Crippen LogP contribution >= 0.6 is 12.4 Å². The maximum atomic E-state index is 9.60. The van der Waals surface area contributed by atoms with Gasteiger partial charge >= 0.3 is 6.09 Å². The van der Waals surface area contributed by atoms with Gasteiger partial charge in [0.15, 0.2) is 0 Å². The van der Waals surface area contributed by atoms with Crippen LogP contribution in [0.4, 0.5) is 4.79 Å². The molecule has 0 bridgehead atoms. The number of halogens is 1. The van der Waals surface area contributed by atoms with Gasteiger partial charge in [-0.3, -0.25) is 0 Å². The molecule has 0 aromatic rings. The molecule has 11 heavy (non-hydrogen) atoms. The van der Waals surface area contributed by atoms with E-state index in [1.807, 2.05) is 26.0 Å². The van der Waals surface area contributed by atoms with Gasteiger partial charge in [-0.1, -0.05) is 0 Å². The molecule has 5 heteroatoms. The van der Waals surface area contributed by atoms with Gasteiger partial charge in [-0.2, -0.15) is 0 Å². The molecule has 0 unspecified atom stereocenters. The summed E-state index contributed by atoms with van der Waals surface area (Å²) in [6.07, 6.45) is -0.711. The Hall–Kier alpha value is -0.480. The lowest BCUT2D eigenvalue weighted by Crippen LogP contribution is -2.11. The highest BCUT2D eigenvalue weighted by molar-refractivity contribution is 5.85. The normalized spacial score (nSPS) is 7.36. The van der Waals surface area contributed by atoms with E-state index in [-0.39, 0.29) is 12.4 Å². The molecule has 0 heterocycles. The Bertz CT molecular complexity index is 85.9. The summed E-state index contributed by atoms with van der Waals surface area (Å²) in [6.45, 7) is 2.06. The van der Waals surface area contributed by atoms with Crippen LogP contribution in [0, 0.1) is 0 Å². The maximum absolute atomic E-state index is 9.60. The molecular weight excluding hydrogens is 168 g/mol. The van der Waals surface area contributed by atoms with Crippen molar-refractivity contribution >= 4 is 18.5 Å². The van der Waals surface area contributed by atoms with Gasteiger partial charge in [0.1, 0.15) is 0 Å².